The average molecular weight is 330 g/mol. The van der Waals surface area contributed by atoms with Crippen LogP contribution in [0, 0.1) is 40.9 Å². The Balaban J connectivity index is 1.75. The Morgan fingerprint density at radius 3 is 2.50 bits per heavy atom. The van der Waals surface area contributed by atoms with Crippen molar-refractivity contribution in [2.75, 3.05) is 0 Å². The molecule has 4 aliphatic rings. The lowest BCUT2D eigenvalue weighted by atomic mass is 9.46. The van der Waals surface area contributed by atoms with Gasteiger partial charge in [-0.25, -0.2) is 0 Å². The molecule has 0 aromatic rings. The highest BCUT2D eigenvalue weighted by molar-refractivity contribution is 5.30. The van der Waals surface area contributed by atoms with E-state index in [1.807, 2.05) is 6.08 Å². The first-order valence-corrected chi connectivity index (χ1v) is 9.53. The fourth-order valence-electron chi connectivity index (χ4n) is 6.88. The van der Waals surface area contributed by atoms with Crippen LogP contribution in [0.3, 0.4) is 0 Å². The van der Waals surface area contributed by atoms with E-state index in [2.05, 4.69) is 19.8 Å². The predicted octanol–water partition coefficient (Wildman–Crippen LogP) is 2.65. The molecule has 3 saturated carbocycles. The van der Waals surface area contributed by atoms with Gasteiger partial charge in [-0.05, 0) is 68.1 Å². The molecule has 3 N–H and O–H groups in total. The quantitative estimate of drug-likeness (QED) is 0.473. The molecule has 0 aromatic heterocycles. The van der Waals surface area contributed by atoms with Crippen molar-refractivity contribution in [3.8, 4) is 12.3 Å². The third-order valence-electron chi connectivity index (χ3n) is 8.49. The van der Waals surface area contributed by atoms with E-state index >= 15 is 0 Å². The Bertz CT molecular complexity index is 619. The maximum Gasteiger partial charge on any atom is 0.130 e. The molecule has 0 heterocycles. The first-order chi connectivity index (χ1) is 11.2. The van der Waals surface area contributed by atoms with E-state index in [0.29, 0.717) is 18.8 Å². The third-order valence-corrected chi connectivity index (χ3v) is 8.49. The van der Waals surface area contributed by atoms with Crippen LogP contribution in [-0.4, -0.2) is 33.1 Å². The molecule has 0 amide bonds. The summed E-state index contributed by atoms with van der Waals surface area (Å²) in [4.78, 5) is 0. The summed E-state index contributed by atoms with van der Waals surface area (Å²) in [7, 11) is 0. The first kappa shape index (κ1) is 16.6. The largest absolute Gasteiger partial charge is 0.393 e. The molecule has 0 radical (unpaired) electrons. The SMILES string of the molecule is C#C[C@]1(O)CC[C@H]2[C@@H]3[C@@H](O)C=C4C[C@@H](O)CC[C@]4(C)[C@H]3CC[C@@]21C. The normalized spacial score (nSPS) is 56.5. The first-order valence-electron chi connectivity index (χ1n) is 9.53. The van der Waals surface area contributed by atoms with Crippen LogP contribution in [0.15, 0.2) is 11.6 Å². The second-order valence-corrected chi connectivity index (χ2v) is 9.29. The molecule has 0 saturated heterocycles. The van der Waals surface area contributed by atoms with E-state index in [1.54, 1.807) is 0 Å². The number of aliphatic hydroxyl groups is 3. The summed E-state index contributed by atoms with van der Waals surface area (Å²) in [5.41, 5.74) is 0.0145. The Morgan fingerprint density at radius 1 is 1.08 bits per heavy atom. The van der Waals surface area contributed by atoms with Crippen LogP contribution in [0.5, 0.6) is 0 Å². The van der Waals surface area contributed by atoms with Crippen LogP contribution in [0.4, 0.5) is 0 Å². The van der Waals surface area contributed by atoms with Crippen molar-refractivity contribution in [3.05, 3.63) is 11.6 Å². The zero-order valence-electron chi connectivity index (χ0n) is 14.8. The molecule has 0 bridgehead atoms. The molecule has 4 rings (SSSR count). The topological polar surface area (TPSA) is 60.7 Å². The second-order valence-electron chi connectivity index (χ2n) is 9.29. The van der Waals surface area contributed by atoms with Gasteiger partial charge in [-0.2, -0.15) is 0 Å². The van der Waals surface area contributed by atoms with E-state index < -0.39 is 11.7 Å². The lowest BCUT2D eigenvalue weighted by molar-refractivity contribution is -0.123. The third kappa shape index (κ3) is 1.91. The maximum atomic E-state index is 11.0. The summed E-state index contributed by atoms with van der Waals surface area (Å²) >= 11 is 0. The number of hydrogen-bond acceptors (Lipinski definition) is 3. The summed E-state index contributed by atoms with van der Waals surface area (Å²) in [5.74, 6) is 3.56. The molecule has 24 heavy (non-hydrogen) atoms. The summed E-state index contributed by atoms with van der Waals surface area (Å²) in [5, 5.41) is 32.0. The maximum absolute atomic E-state index is 11.0. The van der Waals surface area contributed by atoms with Gasteiger partial charge in [0, 0.05) is 5.41 Å². The Morgan fingerprint density at radius 2 is 1.79 bits per heavy atom. The number of rotatable bonds is 0. The minimum absolute atomic E-state index is 0.0846. The highest BCUT2D eigenvalue weighted by Gasteiger charge is 2.64. The molecule has 8 atom stereocenters. The summed E-state index contributed by atoms with van der Waals surface area (Å²) in [6, 6.07) is 0. The highest BCUT2D eigenvalue weighted by Crippen LogP contribution is 2.66. The number of terminal acetylenes is 1. The second kappa shape index (κ2) is 5.10. The van der Waals surface area contributed by atoms with Crippen molar-refractivity contribution >= 4 is 0 Å². The molecule has 0 aromatic carbocycles. The van der Waals surface area contributed by atoms with Gasteiger partial charge in [0.05, 0.1) is 12.2 Å². The Hall–Kier alpha value is -0.820. The van der Waals surface area contributed by atoms with Crippen molar-refractivity contribution in [2.24, 2.45) is 28.6 Å². The zero-order valence-corrected chi connectivity index (χ0v) is 14.8. The van der Waals surface area contributed by atoms with Crippen molar-refractivity contribution in [2.45, 2.75) is 76.6 Å². The minimum atomic E-state index is -1.03. The van der Waals surface area contributed by atoms with E-state index in [-0.39, 0.29) is 28.8 Å². The van der Waals surface area contributed by atoms with Crippen LogP contribution < -0.4 is 0 Å². The number of hydrogen-bond donors (Lipinski definition) is 3. The molecular weight excluding hydrogens is 300 g/mol. The number of aliphatic hydroxyl groups excluding tert-OH is 2. The van der Waals surface area contributed by atoms with Gasteiger partial charge < -0.3 is 15.3 Å². The molecule has 3 heteroatoms. The Kier molecular flexibility index (Phi) is 3.53. The van der Waals surface area contributed by atoms with Gasteiger partial charge in [-0.3, -0.25) is 0 Å². The fourth-order valence-corrected chi connectivity index (χ4v) is 6.88. The highest BCUT2D eigenvalue weighted by atomic mass is 16.3. The number of fused-ring (bicyclic) bond motifs is 5. The van der Waals surface area contributed by atoms with Crippen LogP contribution >= 0.6 is 0 Å². The van der Waals surface area contributed by atoms with Gasteiger partial charge in [0.25, 0.3) is 0 Å². The van der Waals surface area contributed by atoms with Crippen LogP contribution in [0.2, 0.25) is 0 Å². The van der Waals surface area contributed by atoms with E-state index in [1.165, 1.54) is 5.57 Å². The molecule has 3 nitrogen and oxygen atoms in total. The monoisotopic (exact) mass is 330 g/mol. The fraction of sp³-hybridized carbons (Fsp3) is 0.810. The minimum Gasteiger partial charge on any atom is -0.393 e. The molecule has 132 valence electrons. The lowest BCUT2D eigenvalue weighted by Crippen LogP contribution is -2.57. The van der Waals surface area contributed by atoms with Crippen LogP contribution in [-0.2, 0) is 0 Å². The van der Waals surface area contributed by atoms with Gasteiger partial charge in [-0.15, -0.1) is 6.42 Å². The predicted molar refractivity (Wildman–Crippen MR) is 92.9 cm³/mol. The van der Waals surface area contributed by atoms with Crippen LogP contribution in [0.25, 0.3) is 0 Å². The van der Waals surface area contributed by atoms with Gasteiger partial charge >= 0.3 is 0 Å². The van der Waals surface area contributed by atoms with Crippen molar-refractivity contribution < 1.29 is 15.3 Å². The molecule has 0 spiro atoms. The summed E-state index contributed by atoms with van der Waals surface area (Å²) < 4.78 is 0. The van der Waals surface area contributed by atoms with Crippen molar-refractivity contribution in [1.29, 1.82) is 0 Å². The van der Waals surface area contributed by atoms with E-state index in [4.69, 9.17) is 6.42 Å². The van der Waals surface area contributed by atoms with Gasteiger partial charge in [0.2, 0.25) is 0 Å². The van der Waals surface area contributed by atoms with Crippen molar-refractivity contribution in [3.63, 3.8) is 0 Å². The summed E-state index contributed by atoms with van der Waals surface area (Å²) in [6.07, 6.45) is 13.0. The van der Waals surface area contributed by atoms with Crippen LogP contribution in [0.1, 0.15) is 58.8 Å². The smallest absolute Gasteiger partial charge is 0.130 e. The van der Waals surface area contributed by atoms with Gasteiger partial charge in [0.1, 0.15) is 5.60 Å². The molecular formula is C21H30O3. The molecule has 0 aliphatic heterocycles. The van der Waals surface area contributed by atoms with E-state index in [0.717, 1.165) is 32.1 Å². The molecule has 4 aliphatic carbocycles. The lowest BCUT2D eigenvalue weighted by Gasteiger charge is -2.59. The average Bonchev–Trinajstić information content (AvgIpc) is 2.82. The molecule has 0 unspecified atom stereocenters. The van der Waals surface area contributed by atoms with Gasteiger partial charge in [-0.1, -0.05) is 31.4 Å². The summed E-state index contributed by atoms with van der Waals surface area (Å²) in [6.45, 7) is 4.47. The van der Waals surface area contributed by atoms with Gasteiger partial charge in [0.15, 0.2) is 0 Å². The Labute approximate surface area is 145 Å². The zero-order chi connectivity index (χ0) is 17.3. The molecule has 3 fully saturated rings. The van der Waals surface area contributed by atoms with E-state index in [9.17, 15) is 15.3 Å². The standard InChI is InChI=1S/C21H30O3/c1-4-21(24)10-7-16-18-15(6-9-20(16,21)3)19(2)8-5-14(22)11-13(19)12-17(18)23/h1,12,14-18,22-24H,5-11H2,2-3H3/t14-,15-,16-,17-,18+,19-,20-,21-/m0/s1. The van der Waals surface area contributed by atoms with Crippen molar-refractivity contribution in [1.82, 2.24) is 0 Å².